The molecule has 0 aromatic rings. The summed E-state index contributed by atoms with van der Waals surface area (Å²) in [5.74, 6) is -2.56. The summed E-state index contributed by atoms with van der Waals surface area (Å²) in [5.41, 5.74) is 0.134. The van der Waals surface area contributed by atoms with Crippen LogP contribution in [0.5, 0.6) is 0 Å². The SMILES string of the molecule is CC[C@H](C)[C@H]1O[C@]2(C=C[C@@H]1C)C[C@@H]1C[C@@H](C/C=C(\C)[C@@H](OC3CC(OC)C(OC4CC(OC)C(O)C(C)O4)C(C)O3)[C@@H](C)/C=C/C=C3\CO[C@@H]4[C@H](O)C(C)=C[C@@H](C(=O)O1)[C@]34O)O2. The topological polar surface area (TPSA) is 170 Å². The smallest absolute Gasteiger partial charge is 0.316 e. The molecule has 20 atom stereocenters. The molecule has 3 N–H and O–H groups in total. The highest BCUT2D eigenvalue weighted by molar-refractivity contribution is 5.78. The molecule has 6 aliphatic heterocycles. The maximum absolute atomic E-state index is 14.3. The van der Waals surface area contributed by atoms with Crippen LogP contribution in [-0.4, -0.2) is 139 Å². The van der Waals surface area contributed by atoms with Gasteiger partial charge >= 0.3 is 5.97 Å². The third-order valence-electron chi connectivity index (χ3n) is 14.5. The van der Waals surface area contributed by atoms with E-state index in [0.717, 1.165) is 12.0 Å². The quantitative estimate of drug-likeness (QED) is 0.210. The molecule has 0 radical (unpaired) electrons. The summed E-state index contributed by atoms with van der Waals surface area (Å²) in [6.45, 7) is 16.1. The van der Waals surface area contributed by atoms with Crippen LogP contribution in [0.15, 0.2) is 59.3 Å². The number of fused-ring (bicyclic) bond motifs is 2. The predicted molar refractivity (Wildman–Crippen MR) is 227 cm³/mol. The number of ether oxygens (including phenoxy) is 10. The number of aliphatic hydroxyl groups is 3. The van der Waals surface area contributed by atoms with Gasteiger partial charge in [-0.1, -0.05) is 70.6 Å². The van der Waals surface area contributed by atoms with Crippen molar-refractivity contribution in [2.45, 2.75) is 191 Å². The molecule has 14 nitrogen and oxygen atoms in total. The third kappa shape index (κ3) is 9.64. The molecule has 4 saturated heterocycles. The fraction of sp³-hybridized carbons (Fsp3) is 0.771. The average Bonchev–Trinajstić information content (AvgIpc) is 3.58. The van der Waals surface area contributed by atoms with Gasteiger partial charge in [-0.05, 0) is 62.8 Å². The summed E-state index contributed by atoms with van der Waals surface area (Å²) in [4.78, 5) is 14.3. The van der Waals surface area contributed by atoms with Crippen LogP contribution in [0.2, 0.25) is 0 Å². The van der Waals surface area contributed by atoms with Gasteiger partial charge in [-0.3, -0.25) is 4.79 Å². The Morgan fingerprint density at radius 1 is 0.887 bits per heavy atom. The van der Waals surface area contributed by atoms with Crippen LogP contribution in [-0.2, 0) is 52.2 Å². The number of aliphatic hydroxyl groups excluding tert-OH is 2. The van der Waals surface area contributed by atoms with E-state index in [9.17, 15) is 20.1 Å². The molecule has 1 aliphatic carbocycles. The van der Waals surface area contributed by atoms with Crippen molar-refractivity contribution in [3.8, 4) is 0 Å². The molecule has 0 aromatic heterocycles. The zero-order chi connectivity index (χ0) is 44.7. The van der Waals surface area contributed by atoms with Crippen LogP contribution in [0.4, 0.5) is 0 Å². The van der Waals surface area contributed by atoms with Gasteiger partial charge in [0.2, 0.25) is 0 Å². The van der Waals surface area contributed by atoms with Crippen LogP contribution < -0.4 is 0 Å². The van der Waals surface area contributed by atoms with Crippen molar-refractivity contribution >= 4 is 5.97 Å². The molecule has 8 unspecified atom stereocenters. The summed E-state index contributed by atoms with van der Waals surface area (Å²) >= 11 is 0. The van der Waals surface area contributed by atoms with Crippen LogP contribution in [0.1, 0.15) is 93.9 Å². The summed E-state index contributed by atoms with van der Waals surface area (Å²) in [6.07, 6.45) is 8.55. The van der Waals surface area contributed by atoms with Crippen molar-refractivity contribution in [1.82, 2.24) is 0 Å². The van der Waals surface area contributed by atoms with E-state index in [4.69, 9.17) is 47.4 Å². The second-order valence-corrected chi connectivity index (χ2v) is 19.0. The third-order valence-corrected chi connectivity index (χ3v) is 14.5. The largest absolute Gasteiger partial charge is 0.462 e. The van der Waals surface area contributed by atoms with Crippen LogP contribution in [0, 0.1) is 23.7 Å². The number of hydrogen-bond donors (Lipinski definition) is 3. The lowest BCUT2D eigenvalue weighted by Crippen LogP contribution is -2.58. The minimum absolute atomic E-state index is 0.0317. The Labute approximate surface area is 367 Å². The monoisotopic (exact) mass is 872 g/mol. The van der Waals surface area contributed by atoms with Gasteiger partial charge in [0.1, 0.15) is 42.0 Å². The highest BCUT2D eigenvalue weighted by atomic mass is 16.7. The van der Waals surface area contributed by atoms with Gasteiger partial charge in [0, 0.05) is 51.7 Å². The lowest BCUT2D eigenvalue weighted by atomic mass is 9.71. The van der Waals surface area contributed by atoms with Gasteiger partial charge in [-0.2, -0.15) is 0 Å². The molecule has 0 amide bonds. The Morgan fingerprint density at radius 2 is 1.60 bits per heavy atom. The molecule has 7 aliphatic rings. The van der Waals surface area contributed by atoms with Crippen molar-refractivity contribution in [3.05, 3.63) is 59.3 Å². The lowest BCUT2D eigenvalue weighted by molar-refractivity contribution is -0.318. The zero-order valence-corrected chi connectivity index (χ0v) is 38.2. The van der Waals surface area contributed by atoms with Crippen molar-refractivity contribution < 1.29 is 67.5 Å². The maximum Gasteiger partial charge on any atom is 0.316 e. The summed E-state index contributed by atoms with van der Waals surface area (Å²) in [7, 11) is 3.22. The molecule has 348 valence electrons. The van der Waals surface area contributed by atoms with E-state index >= 15 is 0 Å². The van der Waals surface area contributed by atoms with Gasteiger partial charge in [0.15, 0.2) is 18.4 Å². The van der Waals surface area contributed by atoms with Crippen LogP contribution in [0.3, 0.4) is 0 Å². The minimum atomic E-state index is -1.84. The molecule has 14 heteroatoms. The Balaban J connectivity index is 1.18. The minimum Gasteiger partial charge on any atom is -0.462 e. The van der Waals surface area contributed by atoms with Gasteiger partial charge in [-0.15, -0.1) is 0 Å². The van der Waals surface area contributed by atoms with E-state index in [0.29, 0.717) is 43.3 Å². The lowest BCUT2D eigenvalue weighted by Gasteiger charge is -2.48. The summed E-state index contributed by atoms with van der Waals surface area (Å²) < 4.78 is 63.7. The van der Waals surface area contributed by atoms with E-state index in [2.05, 4.69) is 39.8 Å². The second kappa shape index (κ2) is 19.7. The Bertz CT molecular complexity index is 1730. The van der Waals surface area contributed by atoms with E-state index in [-0.39, 0.29) is 42.7 Å². The Hall–Kier alpha value is -2.31. The van der Waals surface area contributed by atoms with E-state index in [1.54, 1.807) is 40.2 Å². The van der Waals surface area contributed by atoms with Crippen molar-refractivity contribution in [2.24, 2.45) is 23.7 Å². The molecule has 2 bridgehead atoms. The molecule has 0 aromatic carbocycles. The standard InChI is InChI=1S/C48H72O14/c1-11-25(2)43-28(5)17-18-47(62-43)23-34-20-33(61-47)16-15-27(4)42(26(3)13-12-14-32-24-55-45-40(49)29(6)19-35(46(51)58-34)48(32,45)52)59-39-22-37(54-10)44(31(8)57-39)60-38-21-36(53-9)41(50)30(7)56-38/h12-15,17-19,25-26,28,30-31,33-45,49-50,52H,11,16,20-24H2,1-10H3/b13-12+,27-15+,32-14+/t25-,26-,28-,30?,31?,33+,34-,35-,36?,37?,38?,39?,40+,41?,42-,43+,44?,45+,47+,48+/m0/s1. The first-order valence-electron chi connectivity index (χ1n) is 22.9. The molecule has 0 saturated carbocycles. The second-order valence-electron chi connectivity index (χ2n) is 19.0. The normalized spacial score (nSPS) is 49.1. The first-order valence-corrected chi connectivity index (χ1v) is 22.9. The fourth-order valence-corrected chi connectivity index (χ4v) is 10.6. The highest BCUT2D eigenvalue weighted by Crippen LogP contribution is 2.47. The Kier molecular flexibility index (Phi) is 15.1. The molecular weight excluding hydrogens is 801 g/mol. The first-order chi connectivity index (χ1) is 29.5. The summed E-state index contributed by atoms with van der Waals surface area (Å²) in [6, 6.07) is 0. The molecule has 62 heavy (non-hydrogen) atoms. The number of rotatable bonds is 8. The maximum atomic E-state index is 14.3. The molecule has 4 fully saturated rings. The fourth-order valence-electron chi connectivity index (χ4n) is 10.6. The highest BCUT2D eigenvalue weighted by Gasteiger charge is 2.60. The van der Waals surface area contributed by atoms with Crippen LogP contribution >= 0.6 is 0 Å². The van der Waals surface area contributed by atoms with Crippen molar-refractivity contribution in [1.29, 1.82) is 0 Å². The van der Waals surface area contributed by atoms with E-state index in [1.165, 1.54) is 0 Å². The van der Waals surface area contributed by atoms with E-state index in [1.807, 2.05) is 32.1 Å². The summed E-state index contributed by atoms with van der Waals surface area (Å²) in [5, 5.41) is 34.2. The number of carbonyl (C=O) groups is 1. The molecule has 1 spiro atoms. The molecule has 6 heterocycles. The number of methoxy groups -OCH3 is 2. The number of hydrogen-bond acceptors (Lipinski definition) is 14. The van der Waals surface area contributed by atoms with Crippen LogP contribution in [0.25, 0.3) is 0 Å². The van der Waals surface area contributed by atoms with Gasteiger partial charge < -0.3 is 62.7 Å². The van der Waals surface area contributed by atoms with E-state index < -0.39 is 90.8 Å². The van der Waals surface area contributed by atoms with Crippen molar-refractivity contribution in [2.75, 3.05) is 20.8 Å². The molecule has 7 rings (SSSR count). The van der Waals surface area contributed by atoms with Gasteiger partial charge in [0.05, 0.1) is 49.3 Å². The average molecular weight is 873 g/mol. The number of allylic oxidation sites excluding steroid dienone is 2. The number of carbonyl (C=O) groups excluding carboxylic acids is 1. The molecular formula is C48H72O14. The van der Waals surface area contributed by atoms with Gasteiger partial charge in [0.25, 0.3) is 0 Å². The first kappa shape index (κ1) is 47.6. The zero-order valence-electron chi connectivity index (χ0n) is 38.2. The van der Waals surface area contributed by atoms with Crippen molar-refractivity contribution in [3.63, 3.8) is 0 Å². The number of esters is 1. The van der Waals surface area contributed by atoms with Gasteiger partial charge in [-0.25, -0.2) is 0 Å². The predicted octanol–water partition coefficient (Wildman–Crippen LogP) is 5.38. The Morgan fingerprint density at radius 3 is 2.32 bits per heavy atom.